The van der Waals surface area contributed by atoms with Crippen LogP contribution in [0.15, 0.2) is 60.9 Å². The third-order valence-electron chi connectivity index (χ3n) is 4.26. The van der Waals surface area contributed by atoms with E-state index in [0.29, 0.717) is 22.3 Å². The van der Waals surface area contributed by atoms with E-state index in [4.69, 9.17) is 4.74 Å². The summed E-state index contributed by atoms with van der Waals surface area (Å²) in [6.45, 7) is -0.125. The number of nitro benzene ring substituents is 1. The number of alkyl halides is 3. The Balaban J connectivity index is 1.53. The first-order chi connectivity index (χ1) is 14.3. The largest absolute Gasteiger partial charge is 0.480 e. The lowest BCUT2D eigenvalue weighted by molar-refractivity contribution is -0.385. The molecule has 0 N–H and O–H groups in total. The molecule has 0 aliphatic carbocycles. The van der Waals surface area contributed by atoms with E-state index in [9.17, 15) is 23.3 Å². The fraction of sp³-hybridized carbons (Fsp3) is 0.105. The molecule has 152 valence electrons. The Hall–Kier alpha value is -4.02. The molecule has 0 aliphatic heterocycles. The summed E-state index contributed by atoms with van der Waals surface area (Å²) >= 11 is 0. The Morgan fingerprint density at radius 1 is 1.13 bits per heavy atom. The minimum Gasteiger partial charge on any atom is -0.480 e. The van der Waals surface area contributed by atoms with Gasteiger partial charge < -0.3 is 4.74 Å². The molecule has 4 aromatic rings. The molecule has 0 unspecified atom stereocenters. The Morgan fingerprint density at radius 2 is 1.90 bits per heavy atom. The number of rotatable bonds is 5. The van der Waals surface area contributed by atoms with Gasteiger partial charge in [0.05, 0.1) is 27.9 Å². The summed E-state index contributed by atoms with van der Waals surface area (Å²) in [5.41, 5.74) is 0.261. The number of aromatic nitrogens is 4. The van der Waals surface area contributed by atoms with Gasteiger partial charge in [-0.1, -0.05) is 11.3 Å². The molecule has 2 aromatic carbocycles. The molecule has 0 atom stereocenters. The molecule has 8 nitrogen and oxygen atoms in total. The smallest absolute Gasteiger partial charge is 0.416 e. The molecular formula is C19H12F3N5O3. The van der Waals surface area contributed by atoms with Crippen molar-refractivity contribution in [2.75, 3.05) is 0 Å². The van der Waals surface area contributed by atoms with Crippen molar-refractivity contribution in [1.29, 1.82) is 0 Å². The van der Waals surface area contributed by atoms with E-state index in [2.05, 4.69) is 15.3 Å². The molecule has 2 aromatic heterocycles. The third-order valence-corrected chi connectivity index (χ3v) is 4.26. The molecule has 4 rings (SSSR count). The van der Waals surface area contributed by atoms with Gasteiger partial charge in [-0.15, -0.1) is 5.10 Å². The number of hydrogen-bond acceptors (Lipinski definition) is 6. The average molecular weight is 415 g/mol. The second kappa shape index (κ2) is 7.43. The normalized spacial score (nSPS) is 11.6. The highest BCUT2D eigenvalue weighted by atomic mass is 19.4. The van der Waals surface area contributed by atoms with E-state index in [0.717, 1.165) is 12.1 Å². The minimum absolute atomic E-state index is 0.0234. The summed E-state index contributed by atoms with van der Waals surface area (Å²) in [7, 11) is 0. The molecule has 0 spiro atoms. The molecule has 0 saturated carbocycles. The van der Waals surface area contributed by atoms with E-state index in [1.54, 1.807) is 18.3 Å². The first-order valence-corrected chi connectivity index (χ1v) is 8.56. The number of benzene rings is 2. The predicted molar refractivity (Wildman–Crippen MR) is 99.1 cm³/mol. The Morgan fingerprint density at radius 3 is 2.60 bits per heavy atom. The topological polar surface area (TPSA) is 96.0 Å². The maximum Gasteiger partial charge on any atom is 0.416 e. The highest BCUT2D eigenvalue weighted by molar-refractivity contribution is 5.83. The van der Waals surface area contributed by atoms with Gasteiger partial charge in [0.2, 0.25) is 0 Å². The molecule has 0 fully saturated rings. The zero-order valence-electron chi connectivity index (χ0n) is 15.1. The zero-order valence-corrected chi connectivity index (χ0v) is 15.1. The summed E-state index contributed by atoms with van der Waals surface area (Å²) in [5, 5.41) is 19.7. The Bertz CT molecular complexity index is 1220. The van der Waals surface area contributed by atoms with Crippen LogP contribution in [0.25, 0.3) is 16.6 Å². The highest BCUT2D eigenvalue weighted by Gasteiger charge is 2.30. The van der Waals surface area contributed by atoms with Crippen LogP contribution in [-0.2, 0) is 12.8 Å². The second-order valence-corrected chi connectivity index (χ2v) is 6.26. The van der Waals surface area contributed by atoms with Crippen molar-refractivity contribution in [3.8, 4) is 11.4 Å². The summed E-state index contributed by atoms with van der Waals surface area (Å²) in [6, 6.07) is 10.6. The van der Waals surface area contributed by atoms with E-state index in [1.165, 1.54) is 35.1 Å². The van der Waals surface area contributed by atoms with Crippen molar-refractivity contribution in [1.82, 2.24) is 20.0 Å². The molecular weight excluding hydrogens is 403 g/mol. The van der Waals surface area contributed by atoms with Crippen LogP contribution in [0.1, 0.15) is 11.3 Å². The van der Waals surface area contributed by atoms with Gasteiger partial charge in [0.25, 0.3) is 0 Å². The molecule has 2 heterocycles. The van der Waals surface area contributed by atoms with Gasteiger partial charge in [-0.05, 0) is 30.3 Å². The summed E-state index contributed by atoms with van der Waals surface area (Å²) in [6.07, 6.45) is -1.40. The average Bonchev–Trinajstić information content (AvgIpc) is 3.20. The number of nitro groups is 1. The van der Waals surface area contributed by atoms with Gasteiger partial charge in [0.1, 0.15) is 12.3 Å². The Labute approximate surface area is 166 Å². The van der Waals surface area contributed by atoms with Gasteiger partial charge in [0, 0.05) is 23.7 Å². The number of pyridine rings is 1. The van der Waals surface area contributed by atoms with Crippen LogP contribution in [0.4, 0.5) is 18.9 Å². The van der Waals surface area contributed by atoms with E-state index < -0.39 is 16.7 Å². The third kappa shape index (κ3) is 3.90. The van der Waals surface area contributed by atoms with E-state index in [1.807, 2.05) is 0 Å². The van der Waals surface area contributed by atoms with E-state index in [-0.39, 0.29) is 18.0 Å². The van der Waals surface area contributed by atoms with Crippen molar-refractivity contribution < 1.29 is 22.8 Å². The van der Waals surface area contributed by atoms with Crippen LogP contribution in [0, 0.1) is 10.1 Å². The van der Waals surface area contributed by atoms with Crippen LogP contribution in [0.2, 0.25) is 0 Å². The number of halogens is 3. The number of hydrogen-bond donors (Lipinski definition) is 0. The fourth-order valence-electron chi connectivity index (χ4n) is 2.79. The summed E-state index contributed by atoms with van der Waals surface area (Å²) < 4.78 is 44.9. The number of ether oxygens (including phenoxy) is 1. The summed E-state index contributed by atoms with van der Waals surface area (Å²) in [5.74, 6) is 0.0234. The SMILES string of the molecule is O=[N+]([O-])c1cc2cccnc2cc1OCc1cn(-c2ccc(C(F)(F)F)cc2)nn1. The predicted octanol–water partition coefficient (Wildman–Crippen LogP) is 4.32. The highest BCUT2D eigenvalue weighted by Crippen LogP contribution is 2.32. The quantitative estimate of drug-likeness (QED) is 0.356. The van der Waals surface area contributed by atoms with Crippen LogP contribution in [0.5, 0.6) is 5.75 Å². The maximum atomic E-state index is 12.7. The van der Waals surface area contributed by atoms with Crippen molar-refractivity contribution in [3.05, 3.63) is 82.3 Å². The van der Waals surface area contributed by atoms with E-state index >= 15 is 0 Å². The Kier molecular flexibility index (Phi) is 4.78. The van der Waals surface area contributed by atoms with Gasteiger partial charge in [-0.2, -0.15) is 13.2 Å². The first-order valence-electron chi connectivity index (χ1n) is 8.56. The van der Waals surface area contributed by atoms with Crippen LogP contribution < -0.4 is 4.74 Å². The lowest BCUT2D eigenvalue weighted by atomic mass is 10.2. The minimum atomic E-state index is -4.43. The second-order valence-electron chi connectivity index (χ2n) is 6.26. The molecule has 0 radical (unpaired) electrons. The lowest BCUT2D eigenvalue weighted by Crippen LogP contribution is -2.05. The van der Waals surface area contributed by atoms with Crippen LogP contribution in [0.3, 0.4) is 0 Å². The summed E-state index contributed by atoms with van der Waals surface area (Å²) in [4.78, 5) is 15.0. The zero-order chi connectivity index (χ0) is 21.3. The van der Waals surface area contributed by atoms with Crippen molar-refractivity contribution in [2.45, 2.75) is 12.8 Å². The molecule has 0 amide bonds. The number of nitrogens with zero attached hydrogens (tertiary/aromatic N) is 5. The molecule has 11 heteroatoms. The number of fused-ring (bicyclic) bond motifs is 1. The van der Waals surface area contributed by atoms with Crippen molar-refractivity contribution in [3.63, 3.8) is 0 Å². The molecule has 0 saturated heterocycles. The molecule has 0 bridgehead atoms. The first kappa shape index (κ1) is 19.3. The van der Waals surface area contributed by atoms with Gasteiger partial charge in [-0.3, -0.25) is 15.1 Å². The fourth-order valence-corrected chi connectivity index (χ4v) is 2.79. The van der Waals surface area contributed by atoms with Gasteiger partial charge >= 0.3 is 11.9 Å². The lowest BCUT2D eigenvalue weighted by Gasteiger charge is -2.07. The van der Waals surface area contributed by atoms with Crippen molar-refractivity contribution in [2.24, 2.45) is 0 Å². The van der Waals surface area contributed by atoms with Crippen LogP contribution in [-0.4, -0.2) is 24.9 Å². The monoisotopic (exact) mass is 415 g/mol. The van der Waals surface area contributed by atoms with Crippen molar-refractivity contribution >= 4 is 16.6 Å². The molecule has 30 heavy (non-hydrogen) atoms. The maximum absolute atomic E-state index is 12.7. The standard InChI is InChI=1S/C19H12F3N5O3/c20-19(21,22)13-3-5-15(6-4-13)26-10-14(24-25-26)11-30-18-9-16-12(2-1-7-23-16)8-17(18)27(28)29/h1-10H,11H2. The van der Waals surface area contributed by atoms with Gasteiger partial charge in [0.15, 0.2) is 5.75 Å². The van der Waals surface area contributed by atoms with Gasteiger partial charge in [-0.25, -0.2) is 4.68 Å². The molecule has 0 aliphatic rings. The van der Waals surface area contributed by atoms with Crippen LogP contribution >= 0.6 is 0 Å².